The monoisotopic (exact) mass is 246 g/mol. The summed E-state index contributed by atoms with van der Waals surface area (Å²) in [4.78, 5) is 0. The number of benzene rings is 1. The van der Waals surface area contributed by atoms with Crippen molar-refractivity contribution in [1.29, 1.82) is 5.26 Å². The van der Waals surface area contributed by atoms with Crippen LogP contribution in [-0.2, 0) is 13.0 Å². The lowest BCUT2D eigenvalue weighted by atomic mass is 10.1. The van der Waals surface area contributed by atoms with Crippen LogP contribution in [0.4, 0.5) is 0 Å². The second-order valence-electron chi connectivity index (χ2n) is 3.44. The summed E-state index contributed by atoms with van der Waals surface area (Å²) < 4.78 is 2.09. The molecule has 2 rings (SSSR count). The van der Waals surface area contributed by atoms with Crippen LogP contribution in [0.5, 0.6) is 0 Å². The zero-order valence-electron chi connectivity index (χ0n) is 8.92. The van der Waals surface area contributed by atoms with Crippen LogP contribution in [0.3, 0.4) is 0 Å². The Bertz CT molecular complexity index is 606. The SMILES string of the molecule is N#CCc1ccc(-n2c(CO)n[nH]c2=S)cc1. The molecule has 1 heterocycles. The second-order valence-corrected chi connectivity index (χ2v) is 3.83. The number of H-pyrrole nitrogens is 1. The maximum atomic E-state index is 9.14. The lowest BCUT2D eigenvalue weighted by Crippen LogP contribution is -2.01. The first-order valence-corrected chi connectivity index (χ1v) is 5.40. The van der Waals surface area contributed by atoms with Gasteiger partial charge in [0, 0.05) is 5.69 Å². The average Bonchev–Trinajstić information content (AvgIpc) is 2.72. The first-order valence-electron chi connectivity index (χ1n) is 4.99. The molecule has 1 aromatic carbocycles. The summed E-state index contributed by atoms with van der Waals surface area (Å²) in [5, 5.41) is 24.3. The van der Waals surface area contributed by atoms with Gasteiger partial charge in [-0.05, 0) is 29.9 Å². The first-order chi connectivity index (χ1) is 8.26. The molecular formula is C11H10N4OS. The largest absolute Gasteiger partial charge is 0.388 e. The summed E-state index contributed by atoms with van der Waals surface area (Å²) >= 11 is 5.09. The molecule has 0 aliphatic rings. The van der Waals surface area contributed by atoms with Gasteiger partial charge in [0.1, 0.15) is 6.61 Å². The number of nitriles is 1. The van der Waals surface area contributed by atoms with Crippen molar-refractivity contribution in [1.82, 2.24) is 14.8 Å². The number of hydrogen-bond acceptors (Lipinski definition) is 4. The molecule has 1 aromatic heterocycles. The van der Waals surface area contributed by atoms with E-state index in [1.165, 1.54) is 0 Å². The maximum Gasteiger partial charge on any atom is 0.199 e. The zero-order valence-corrected chi connectivity index (χ0v) is 9.74. The number of nitrogens with zero attached hydrogens (tertiary/aromatic N) is 3. The molecule has 2 N–H and O–H groups in total. The molecule has 17 heavy (non-hydrogen) atoms. The van der Waals surface area contributed by atoms with Gasteiger partial charge in [-0.25, -0.2) is 0 Å². The van der Waals surface area contributed by atoms with Crippen molar-refractivity contribution in [2.24, 2.45) is 0 Å². The van der Waals surface area contributed by atoms with Gasteiger partial charge in [0.2, 0.25) is 0 Å². The zero-order chi connectivity index (χ0) is 12.3. The number of nitrogens with one attached hydrogen (secondary N) is 1. The van der Waals surface area contributed by atoms with Gasteiger partial charge in [0.15, 0.2) is 10.6 Å². The highest BCUT2D eigenvalue weighted by Crippen LogP contribution is 2.12. The molecule has 0 fully saturated rings. The first kappa shape index (κ1) is 11.5. The number of aromatic nitrogens is 3. The molecule has 0 saturated heterocycles. The van der Waals surface area contributed by atoms with Gasteiger partial charge in [-0.3, -0.25) is 9.67 Å². The van der Waals surface area contributed by atoms with Crippen molar-refractivity contribution in [3.05, 3.63) is 40.4 Å². The Kier molecular flexibility index (Phi) is 3.32. The summed E-state index contributed by atoms with van der Waals surface area (Å²) in [7, 11) is 0. The Labute approximate surface area is 103 Å². The molecule has 86 valence electrons. The molecule has 0 spiro atoms. The van der Waals surface area contributed by atoms with Gasteiger partial charge < -0.3 is 5.11 Å². The van der Waals surface area contributed by atoms with E-state index < -0.39 is 0 Å². The Hall–Kier alpha value is -1.97. The fraction of sp³-hybridized carbons (Fsp3) is 0.182. The lowest BCUT2D eigenvalue weighted by molar-refractivity contribution is 0.269. The highest BCUT2D eigenvalue weighted by atomic mass is 32.1. The van der Waals surface area contributed by atoms with Crippen LogP contribution in [-0.4, -0.2) is 19.9 Å². The molecule has 6 heteroatoms. The van der Waals surface area contributed by atoms with Crippen molar-refractivity contribution < 1.29 is 5.11 Å². The molecule has 0 aliphatic carbocycles. The molecule has 0 radical (unpaired) electrons. The average molecular weight is 246 g/mol. The van der Waals surface area contributed by atoms with Gasteiger partial charge in [0.05, 0.1) is 12.5 Å². The van der Waals surface area contributed by atoms with E-state index in [4.69, 9.17) is 22.6 Å². The molecule has 5 nitrogen and oxygen atoms in total. The van der Waals surface area contributed by atoms with E-state index in [1.807, 2.05) is 24.3 Å². The number of aliphatic hydroxyl groups is 1. The normalized spacial score (nSPS) is 10.1. The third kappa shape index (κ3) is 2.25. The van der Waals surface area contributed by atoms with E-state index in [-0.39, 0.29) is 6.61 Å². The molecular weight excluding hydrogens is 236 g/mol. The van der Waals surface area contributed by atoms with E-state index in [2.05, 4.69) is 16.3 Å². The predicted molar refractivity (Wildman–Crippen MR) is 64.0 cm³/mol. The second kappa shape index (κ2) is 4.91. The van der Waals surface area contributed by atoms with E-state index in [1.54, 1.807) is 4.57 Å². The smallest absolute Gasteiger partial charge is 0.199 e. The highest BCUT2D eigenvalue weighted by molar-refractivity contribution is 7.71. The van der Waals surface area contributed by atoms with Crippen molar-refractivity contribution in [3.63, 3.8) is 0 Å². The van der Waals surface area contributed by atoms with E-state index in [0.29, 0.717) is 17.0 Å². The highest BCUT2D eigenvalue weighted by Gasteiger charge is 2.06. The van der Waals surface area contributed by atoms with Crippen molar-refractivity contribution in [2.45, 2.75) is 13.0 Å². The number of aliphatic hydroxyl groups excluding tert-OH is 1. The summed E-state index contributed by atoms with van der Waals surface area (Å²) in [6, 6.07) is 9.49. The van der Waals surface area contributed by atoms with Gasteiger partial charge in [-0.15, -0.1) is 0 Å². The van der Waals surface area contributed by atoms with Crippen LogP contribution in [0.25, 0.3) is 5.69 Å². The minimum Gasteiger partial charge on any atom is -0.388 e. The van der Waals surface area contributed by atoms with Crippen LogP contribution in [0.15, 0.2) is 24.3 Å². The van der Waals surface area contributed by atoms with E-state index >= 15 is 0 Å². The topological polar surface area (TPSA) is 77.6 Å². The molecule has 0 aliphatic heterocycles. The molecule has 0 unspecified atom stereocenters. The maximum absolute atomic E-state index is 9.14. The third-order valence-corrected chi connectivity index (χ3v) is 2.63. The number of aromatic amines is 1. The van der Waals surface area contributed by atoms with Gasteiger partial charge >= 0.3 is 0 Å². The molecule has 0 bridgehead atoms. The lowest BCUT2D eigenvalue weighted by Gasteiger charge is -2.05. The molecule has 0 amide bonds. The predicted octanol–water partition coefficient (Wildman–Crippen LogP) is 1.49. The van der Waals surface area contributed by atoms with Crippen LogP contribution < -0.4 is 0 Å². The number of rotatable bonds is 3. The Morgan fingerprint density at radius 2 is 2.12 bits per heavy atom. The summed E-state index contributed by atoms with van der Waals surface area (Å²) in [5.74, 6) is 0.461. The van der Waals surface area contributed by atoms with Gasteiger partial charge in [0.25, 0.3) is 0 Å². The van der Waals surface area contributed by atoms with E-state index in [9.17, 15) is 0 Å². The third-order valence-electron chi connectivity index (χ3n) is 2.36. The minimum atomic E-state index is -0.187. The Balaban J connectivity index is 2.43. The summed E-state index contributed by atoms with van der Waals surface area (Å²) in [6.45, 7) is -0.187. The van der Waals surface area contributed by atoms with Crippen LogP contribution in [0.1, 0.15) is 11.4 Å². The fourth-order valence-electron chi connectivity index (χ4n) is 1.56. The van der Waals surface area contributed by atoms with Crippen molar-refractivity contribution in [3.8, 4) is 11.8 Å². The van der Waals surface area contributed by atoms with Crippen LogP contribution >= 0.6 is 12.2 Å². The van der Waals surface area contributed by atoms with Gasteiger partial charge in [-0.2, -0.15) is 10.4 Å². The number of hydrogen-bond donors (Lipinski definition) is 2. The van der Waals surface area contributed by atoms with E-state index in [0.717, 1.165) is 11.3 Å². The molecule has 0 saturated carbocycles. The minimum absolute atomic E-state index is 0.187. The fourth-order valence-corrected chi connectivity index (χ4v) is 1.81. The van der Waals surface area contributed by atoms with Crippen LogP contribution in [0.2, 0.25) is 0 Å². The Morgan fingerprint density at radius 1 is 1.41 bits per heavy atom. The standard InChI is InChI=1S/C11H10N4OS/c12-6-5-8-1-3-9(4-2-8)15-10(7-16)13-14-11(15)17/h1-4,16H,5,7H2,(H,14,17). The summed E-state index contributed by atoms with van der Waals surface area (Å²) in [5.41, 5.74) is 1.76. The van der Waals surface area contributed by atoms with Crippen molar-refractivity contribution >= 4 is 12.2 Å². The molecule has 2 aromatic rings. The summed E-state index contributed by atoms with van der Waals surface area (Å²) in [6.07, 6.45) is 0.379. The Morgan fingerprint density at radius 3 is 2.71 bits per heavy atom. The van der Waals surface area contributed by atoms with Crippen LogP contribution in [0, 0.1) is 16.1 Å². The molecule has 0 atom stereocenters. The van der Waals surface area contributed by atoms with Gasteiger partial charge in [-0.1, -0.05) is 12.1 Å². The van der Waals surface area contributed by atoms with Crippen molar-refractivity contribution in [2.75, 3.05) is 0 Å². The quantitative estimate of drug-likeness (QED) is 0.804.